The highest BCUT2D eigenvalue weighted by molar-refractivity contribution is 7.88. The zero-order chi connectivity index (χ0) is 20.3. The second-order valence-corrected chi connectivity index (χ2v) is 9.36. The molecule has 0 aromatic heterocycles. The minimum absolute atomic E-state index is 0.116. The van der Waals surface area contributed by atoms with E-state index in [-0.39, 0.29) is 24.2 Å². The number of benzene rings is 1. The Morgan fingerprint density at radius 2 is 1.93 bits per heavy atom. The highest BCUT2D eigenvalue weighted by Gasteiger charge is 2.31. The number of para-hydroxylation sites is 2. The summed E-state index contributed by atoms with van der Waals surface area (Å²) in [5.74, 6) is 0.648. The van der Waals surface area contributed by atoms with E-state index >= 15 is 0 Å². The topological polar surface area (TPSA) is 96.0 Å². The Morgan fingerprint density at radius 1 is 1.25 bits per heavy atom. The molecule has 154 valence electrons. The van der Waals surface area contributed by atoms with Crippen LogP contribution in [0.15, 0.2) is 24.3 Å². The van der Waals surface area contributed by atoms with Crippen LogP contribution < -0.4 is 15.0 Å². The van der Waals surface area contributed by atoms with Gasteiger partial charge in [-0.15, -0.1) is 0 Å². The van der Waals surface area contributed by atoms with E-state index in [9.17, 15) is 18.0 Å². The van der Waals surface area contributed by atoms with Gasteiger partial charge in [-0.1, -0.05) is 12.1 Å². The number of hydrogen-bond acceptors (Lipinski definition) is 5. The second kappa shape index (κ2) is 8.48. The number of fused-ring (bicyclic) bond motifs is 1. The maximum Gasteiger partial charge on any atom is 0.267 e. The van der Waals surface area contributed by atoms with E-state index in [2.05, 4.69) is 5.32 Å². The molecule has 1 aromatic rings. The first kappa shape index (κ1) is 20.6. The van der Waals surface area contributed by atoms with Crippen LogP contribution in [0.25, 0.3) is 0 Å². The molecule has 0 spiro atoms. The molecular formula is C19H27N3O5S. The molecule has 1 N–H and O–H groups in total. The number of rotatable bonds is 6. The number of carbonyl (C=O) groups excluding carboxylic acids is 2. The third-order valence-electron chi connectivity index (χ3n) is 5.27. The van der Waals surface area contributed by atoms with Gasteiger partial charge in [-0.3, -0.25) is 9.59 Å². The van der Waals surface area contributed by atoms with Gasteiger partial charge in [0, 0.05) is 32.6 Å². The summed E-state index contributed by atoms with van der Waals surface area (Å²) in [7, 11) is -3.14. The van der Waals surface area contributed by atoms with Gasteiger partial charge in [0.05, 0.1) is 11.9 Å². The molecule has 3 rings (SSSR count). The van der Waals surface area contributed by atoms with Crippen LogP contribution in [0.3, 0.4) is 0 Å². The van der Waals surface area contributed by atoms with Gasteiger partial charge in [0.1, 0.15) is 5.75 Å². The zero-order valence-corrected chi connectivity index (χ0v) is 17.1. The van der Waals surface area contributed by atoms with Gasteiger partial charge in [0.25, 0.3) is 5.91 Å². The summed E-state index contributed by atoms with van der Waals surface area (Å²) in [6.07, 6.45) is 2.33. The summed E-state index contributed by atoms with van der Waals surface area (Å²) in [6.45, 7) is 3.52. The van der Waals surface area contributed by atoms with Gasteiger partial charge in [-0.2, -0.15) is 0 Å². The van der Waals surface area contributed by atoms with Crippen molar-refractivity contribution in [3.63, 3.8) is 0 Å². The molecular weight excluding hydrogens is 382 g/mol. The number of anilines is 1. The first-order chi connectivity index (χ1) is 13.3. The molecule has 2 amide bonds. The molecule has 2 aliphatic rings. The Labute approximate surface area is 165 Å². The van der Waals surface area contributed by atoms with Gasteiger partial charge in [-0.25, -0.2) is 12.7 Å². The van der Waals surface area contributed by atoms with Crippen LogP contribution in [0.1, 0.15) is 26.2 Å². The van der Waals surface area contributed by atoms with E-state index < -0.39 is 16.1 Å². The van der Waals surface area contributed by atoms with Crippen molar-refractivity contribution < 1.29 is 22.7 Å². The first-order valence-electron chi connectivity index (χ1n) is 9.54. The fraction of sp³-hybridized carbons (Fsp3) is 0.579. The molecule has 8 nitrogen and oxygen atoms in total. The molecule has 0 saturated carbocycles. The monoisotopic (exact) mass is 409 g/mol. The molecule has 0 radical (unpaired) electrons. The maximum absolute atomic E-state index is 12.4. The SMILES string of the molecule is CC1Oc2ccccc2N(CCC(=O)NCC2CCN(S(C)(=O)=O)CC2)C1=O. The van der Waals surface area contributed by atoms with Crippen molar-refractivity contribution in [2.24, 2.45) is 5.92 Å². The number of nitrogens with zero attached hydrogens (tertiary/aromatic N) is 2. The molecule has 2 heterocycles. The van der Waals surface area contributed by atoms with Crippen molar-refractivity contribution in [1.82, 2.24) is 9.62 Å². The van der Waals surface area contributed by atoms with Gasteiger partial charge in [0.2, 0.25) is 15.9 Å². The Hall–Kier alpha value is -2.13. The summed E-state index contributed by atoms with van der Waals surface area (Å²) in [5, 5.41) is 2.92. The molecule has 0 bridgehead atoms. The molecule has 0 aliphatic carbocycles. The predicted molar refractivity (Wildman–Crippen MR) is 106 cm³/mol. The van der Waals surface area contributed by atoms with E-state index in [1.54, 1.807) is 11.8 Å². The number of carbonyl (C=O) groups is 2. The number of ether oxygens (including phenoxy) is 1. The Morgan fingerprint density at radius 3 is 2.61 bits per heavy atom. The normalized spacial score (nSPS) is 21.1. The van der Waals surface area contributed by atoms with Crippen LogP contribution in [-0.4, -0.2) is 63.1 Å². The third-order valence-corrected chi connectivity index (χ3v) is 6.57. The van der Waals surface area contributed by atoms with E-state index in [0.29, 0.717) is 37.6 Å². The molecule has 1 unspecified atom stereocenters. The molecule has 2 aliphatic heterocycles. The first-order valence-corrected chi connectivity index (χ1v) is 11.4. The molecule has 1 saturated heterocycles. The van der Waals surface area contributed by atoms with Crippen LogP contribution in [-0.2, 0) is 19.6 Å². The fourth-order valence-corrected chi connectivity index (χ4v) is 4.47. The fourth-order valence-electron chi connectivity index (χ4n) is 3.59. The predicted octanol–water partition coefficient (Wildman–Crippen LogP) is 0.978. The summed E-state index contributed by atoms with van der Waals surface area (Å²) in [4.78, 5) is 26.3. The molecule has 28 heavy (non-hydrogen) atoms. The van der Waals surface area contributed by atoms with E-state index in [4.69, 9.17) is 4.74 Å². The van der Waals surface area contributed by atoms with Crippen molar-refractivity contribution in [1.29, 1.82) is 0 Å². The minimum atomic E-state index is -3.14. The average molecular weight is 410 g/mol. The van der Waals surface area contributed by atoms with Crippen molar-refractivity contribution in [3.8, 4) is 5.75 Å². The lowest BCUT2D eigenvalue weighted by Crippen LogP contribution is -2.46. The lowest BCUT2D eigenvalue weighted by atomic mass is 9.98. The van der Waals surface area contributed by atoms with Gasteiger partial charge >= 0.3 is 0 Å². The smallest absolute Gasteiger partial charge is 0.267 e. The third kappa shape index (κ3) is 4.82. The Bertz CT molecular complexity index is 834. The van der Waals surface area contributed by atoms with Crippen LogP contribution >= 0.6 is 0 Å². The average Bonchev–Trinajstić information content (AvgIpc) is 2.66. The van der Waals surface area contributed by atoms with E-state index in [1.807, 2.05) is 24.3 Å². The van der Waals surface area contributed by atoms with Crippen LogP contribution in [0, 0.1) is 5.92 Å². The van der Waals surface area contributed by atoms with Crippen molar-refractivity contribution in [2.45, 2.75) is 32.3 Å². The standard InChI is InChI=1S/C19H27N3O5S/c1-14-19(24)22(16-5-3-4-6-17(16)27-14)12-9-18(23)20-13-15-7-10-21(11-8-15)28(2,25)26/h3-6,14-15H,7-13H2,1-2H3,(H,20,23). The van der Waals surface area contributed by atoms with Crippen LogP contribution in [0.2, 0.25) is 0 Å². The number of sulfonamides is 1. The molecule has 9 heteroatoms. The van der Waals surface area contributed by atoms with Gasteiger partial charge in [-0.05, 0) is 37.8 Å². The van der Waals surface area contributed by atoms with Crippen molar-refractivity contribution >= 4 is 27.5 Å². The Balaban J connectivity index is 1.47. The van der Waals surface area contributed by atoms with Crippen molar-refractivity contribution in [2.75, 3.05) is 37.3 Å². The lowest BCUT2D eigenvalue weighted by molar-refractivity contribution is -0.125. The van der Waals surface area contributed by atoms with Crippen molar-refractivity contribution in [3.05, 3.63) is 24.3 Å². The maximum atomic E-state index is 12.4. The zero-order valence-electron chi connectivity index (χ0n) is 16.3. The molecule has 1 atom stereocenters. The summed E-state index contributed by atoms with van der Waals surface area (Å²) in [5.41, 5.74) is 0.687. The highest BCUT2D eigenvalue weighted by atomic mass is 32.2. The van der Waals surface area contributed by atoms with Gasteiger partial charge < -0.3 is 15.0 Å². The summed E-state index contributed by atoms with van der Waals surface area (Å²) < 4.78 is 30.2. The quantitative estimate of drug-likeness (QED) is 0.756. The Kier molecular flexibility index (Phi) is 6.24. The second-order valence-electron chi connectivity index (χ2n) is 7.38. The number of hydrogen-bond donors (Lipinski definition) is 1. The van der Waals surface area contributed by atoms with E-state index in [0.717, 1.165) is 12.8 Å². The van der Waals surface area contributed by atoms with E-state index in [1.165, 1.54) is 10.6 Å². The minimum Gasteiger partial charge on any atom is -0.479 e. The van der Waals surface area contributed by atoms with Crippen LogP contribution in [0.5, 0.6) is 5.75 Å². The summed E-state index contributed by atoms with van der Waals surface area (Å²) >= 11 is 0. The lowest BCUT2D eigenvalue weighted by Gasteiger charge is -2.33. The summed E-state index contributed by atoms with van der Waals surface area (Å²) in [6, 6.07) is 7.31. The number of nitrogens with one attached hydrogen (secondary N) is 1. The van der Waals surface area contributed by atoms with Gasteiger partial charge in [0.15, 0.2) is 6.10 Å². The molecule has 1 fully saturated rings. The number of piperidine rings is 1. The molecule has 1 aromatic carbocycles. The largest absolute Gasteiger partial charge is 0.479 e. The number of amides is 2. The van der Waals surface area contributed by atoms with Crippen LogP contribution in [0.4, 0.5) is 5.69 Å². The highest BCUT2D eigenvalue weighted by Crippen LogP contribution is 2.33.